The molecule has 0 saturated heterocycles. The van der Waals surface area contributed by atoms with E-state index in [1.165, 1.54) is 4.90 Å². The van der Waals surface area contributed by atoms with Crippen LogP contribution in [0.1, 0.15) is 5.69 Å². The average molecular weight is 304 g/mol. The van der Waals surface area contributed by atoms with E-state index in [-0.39, 0.29) is 6.54 Å². The van der Waals surface area contributed by atoms with Crippen molar-refractivity contribution < 1.29 is 8.78 Å². The van der Waals surface area contributed by atoms with Crippen LogP contribution >= 0.6 is 15.9 Å². The molecule has 0 amide bonds. The van der Waals surface area contributed by atoms with Crippen LogP contribution in [-0.4, -0.2) is 29.4 Å². The second-order valence-corrected chi connectivity index (χ2v) is 4.28. The van der Waals surface area contributed by atoms with E-state index in [0.29, 0.717) is 11.1 Å². The third-order valence-electron chi connectivity index (χ3n) is 2.51. The quantitative estimate of drug-likeness (QED) is 0.810. The van der Waals surface area contributed by atoms with Crippen LogP contribution in [0.2, 0.25) is 0 Å². The first-order valence-corrected chi connectivity index (χ1v) is 6.27. The molecule has 0 aliphatic heterocycles. The van der Waals surface area contributed by atoms with Crippen molar-refractivity contribution >= 4 is 27.4 Å². The fraction of sp³-hybridized carbons (Fsp3) is 0.364. The zero-order valence-electron chi connectivity index (χ0n) is 9.28. The molecule has 92 valence electrons. The molecule has 0 atom stereocenters. The number of fused-ring (bicyclic) bond motifs is 1. The Morgan fingerprint density at radius 1 is 1.47 bits per heavy atom. The number of nitrogens with zero attached hydrogens (tertiary/aromatic N) is 3. The molecule has 2 heterocycles. The van der Waals surface area contributed by atoms with E-state index in [4.69, 9.17) is 0 Å². The van der Waals surface area contributed by atoms with Crippen LogP contribution in [0.5, 0.6) is 0 Å². The minimum Gasteiger partial charge on any atom is -0.352 e. The van der Waals surface area contributed by atoms with Gasteiger partial charge in [0.25, 0.3) is 6.43 Å². The highest BCUT2D eigenvalue weighted by molar-refractivity contribution is 9.08. The average Bonchev–Trinajstić information content (AvgIpc) is 2.66. The number of anilines is 1. The van der Waals surface area contributed by atoms with Crippen molar-refractivity contribution in [3.63, 3.8) is 0 Å². The van der Waals surface area contributed by atoms with Gasteiger partial charge in [-0.25, -0.2) is 13.8 Å². The van der Waals surface area contributed by atoms with Gasteiger partial charge in [0, 0.05) is 18.6 Å². The van der Waals surface area contributed by atoms with E-state index in [0.717, 1.165) is 11.3 Å². The molecule has 17 heavy (non-hydrogen) atoms. The lowest BCUT2D eigenvalue weighted by molar-refractivity contribution is 0.156. The Hall–Kier alpha value is -1.17. The third kappa shape index (κ3) is 2.41. The zero-order valence-corrected chi connectivity index (χ0v) is 10.9. The Kier molecular flexibility index (Phi) is 3.61. The van der Waals surface area contributed by atoms with Crippen molar-refractivity contribution in [2.45, 2.75) is 11.8 Å². The van der Waals surface area contributed by atoms with E-state index in [1.807, 2.05) is 28.8 Å². The van der Waals surface area contributed by atoms with Gasteiger partial charge in [0.2, 0.25) is 0 Å². The summed E-state index contributed by atoms with van der Waals surface area (Å²) in [5.41, 5.74) is 1.64. The van der Waals surface area contributed by atoms with Crippen molar-refractivity contribution in [2.75, 3.05) is 18.5 Å². The summed E-state index contributed by atoms with van der Waals surface area (Å²) in [6, 6.07) is 5.61. The van der Waals surface area contributed by atoms with E-state index in [1.54, 1.807) is 7.05 Å². The van der Waals surface area contributed by atoms with Crippen LogP contribution < -0.4 is 4.90 Å². The first-order chi connectivity index (χ1) is 8.13. The normalized spacial score (nSPS) is 11.4. The molecule has 0 bridgehead atoms. The summed E-state index contributed by atoms with van der Waals surface area (Å²) >= 11 is 3.37. The number of halogens is 3. The molecule has 0 N–H and O–H groups in total. The predicted molar refractivity (Wildman–Crippen MR) is 67.1 cm³/mol. The van der Waals surface area contributed by atoms with E-state index in [9.17, 15) is 8.78 Å². The lowest BCUT2D eigenvalue weighted by atomic mass is 10.4. The van der Waals surface area contributed by atoms with Gasteiger partial charge in [-0.15, -0.1) is 0 Å². The van der Waals surface area contributed by atoms with Crippen LogP contribution in [-0.2, 0) is 5.33 Å². The van der Waals surface area contributed by atoms with Gasteiger partial charge < -0.3 is 9.30 Å². The molecular weight excluding hydrogens is 292 g/mol. The Balaban J connectivity index is 2.45. The monoisotopic (exact) mass is 303 g/mol. The van der Waals surface area contributed by atoms with Crippen molar-refractivity contribution in [2.24, 2.45) is 0 Å². The number of imidazole rings is 1. The molecule has 0 fully saturated rings. The Labute approximate surface area is 106 Å². The lowest BCUT2D eigenvalue weighted by Gasteiger charge is -2.16. The first-order valence-electron chi connectivity index (χ1n) is 5.14. The SMILES string of the molecule is CN(CC(F)F)c1nc2ccccn2c1CBr. The fourth-order valence-electron chi connectivity index (χ4n) is 1.76. The van der Waals surface area contributed by atoms with Gasteiger partial charge in [-0.1, -0.05) is 22.0 Å². The minimum absolute atomic E-state index is 0.316. The molecule has 3 nitrogen and oxygen atoms in total. The van der Waals surface area contributed by atoms with Gasteiger partial charge >= 0.3 is 0 Å². The van der Waals surface area contributed by atoms with Crippen molar-refractivity contribution in [3.8, 4) is 0 Å². The fourth-order valence-corrected chi connectivity index (χ4v) is 2.28. The summed E-state index contributed by atoms with van der Waals surface area (Å²) < 4.78 is 26.6. The molecule has 0 aliphatic carbocycles. The Morgan fingerprint density at radius 3 is 2.88 bits per heavy atom. The molecule has 2 rings (SSSR count). The maximum atomic E-state index is 12.4. The highest BCUT2D eigenvalue weighted by Gasteiger charge is 2.17. The molecule has 0 aliphatic rings. The van der Waals surface area contributed by atoms with Crippen LogP contribution in [0.15, 0.2) is 24.4 Å². The standard InChI is InChI=1S/C11H12BrF2N3/c1-16(7-9(13)14)11-8(6-12)17-5-3-2-4-10(17)15-11/h2-5,9H,6-7H2,1H3. The first kappa shape index (κ1) is 12.3. The van der Waals surface area contributed by atoms with Gasteiger partial charge in [0.1, 0.15) is 5.65 Å². The summed E-state index contributed by atoms with van der Waals surface area (Å²) in [4.78, 5) is 5.84. The van der Waals surface area contributed by atoms with Crippen molar-refractivity contribution in [3.05, 3.63) is 30.1 Å². The van der Waals surface area contributed by atoms with Gasteiger partial charge in [0.15, 0.2) is 5.82 Å². The molecule has 6 heteroatoms. The number of hydrogen-bond acceptors (Lipinski definition) is 2. The van der Waals surface area contributed by atoms with Crippen LogP contribution in [0, 0.1) is 0 Å². The maximum Gasteiger partial charge on any atom is 0.255 e. The van der Waals surface area contributed by atoms with Gasteiger partial charge in [-0.05, 0) is 12.1 Å². The molecule has 2 aromatic heterocycles. The third-order valence-corrected chi connectivity index (χ3v) is 3.04. The number of alkyl halides is 3. The molecule has 0 unspecified atom stereocenters. The number of rotatable bonds is 4. The van der Waals surface area contributed by atoms with E-state index in [2.05, 4.69) is 20.9 Å². The summed E-state index contributed by atoms with van der Waals surface area (Å²) in [6.07, 6.45) is -0.494. The van der Waals surface area contributed by atoms with Crippen LogP contribution in [0.4, 0.5) is 14.6 Å². The van der Waals surface area contributed by atoms with Crippen LogP contribution in [0.3, 0.4) is 0 Å². The molecule has 0 spiro atoms. The molecule has 0 aromatic carbocycles. The van der Waals surface area contributed by atoms with Crippen molar-refractivity contribution in [1.82, 2.24) is 9.38 Å². The second kappa shape index (κ2) is 5.00. The summed E-state index contributed by atoms with van der Waals surface area (Å²) in [7, 11) is 1.63. The van der Waals surface area contributed by atoms with Crippen LogP contribution in [0.25, 0.3) is 5.65 Å². The van der Waals surface area contributed by atoms with E-state index >= 15 is 0 Å². The highest BCUT2D eigenvalue weighted by Crippen LogP contribution is 2.23. The van der Waals surface area contributed by atoms with Crippen molar-refractivity contribution in [1.29, 1.82) is 0 Å². The molecular formula is C11H12BrF2N3. The number of aromatic nitrogens is 2. The predicted octanol–water partition coefficient (Wildman–Crippen LogP) is 2.93. The highest BCUT2D eigenvalue weighted by atomic mass is 79.9. The number of pyridine rings is 1. The maximum absolute atomic E-state index is 12.4. The smallest absolute Gasteiger partial charge is 0.255 e. The topological polar surface area (TPSA) is 20.5 Å². The van der Waals surface area contributed by atoms with Gasteiger partial charge in [0.05, 0.1) is 12.2 Å². The zero-order chi connectivity index (χ0) is 12.4. The second-order valence-electron chi connectivity index (χ2n) is 3.72. The van der Waals surface area contributed by atoms with E-state index < -0.39 is 6.43 Å². The summed E-state index contributed by atoms with van der Waals surface area (Å²) in [5, 5.41) is 0.571. The lowest BCUT2D eigenvalue weighted by Crippen LogP contribution is -2.25. The Morgan fingerprint density at radius 2 is 2.24 bits per heavy atom. The minimum atomic E-state index is -2.37. The van der Waals surface area contributed by atoms with Gasteiger partial charge in [-0.3, -0.25) is 0 Å². The number of hydrogen-bond donors (Lipinski definition) is 0. The molecule has 0 saturated carbocycles. The summed E-state index contributed by atoms with van der Waals surface area (Å²) in [5.74, 6) is 0.591. The molecule has 0 radical (unpaired) electrons. The summed E-state index contributed by atoms with van der Waals surface area (Å²) in [6.45, 7) is -0.316. The van der Waals surface area contributed by atoms with Gasteiger partial charge in [-0.2, -0.15) is 0 Å². The largest absolute Gasteiger partial charge is 0.352 e. The Bertz CT molecular complexity index is 512. The molecule has 2 aromatic rings.